The van der Waals surface area contributed by atoms with E-state index in [0.717, 1.165) is 32.7 Å². The second-order valence-electron chi connectivity index (χ2n) is 5.45. The van der Waals surface area contributed by atoms with Crippen molar-refractivity contribution in [3.63, 3.8) is 0 Å². The fourth-order valence-electron chi connectivity index (χ4n) is 2.83. The highest BCUT2D eigenvalue weighted by molar-refractivity contribution is 5.26. The van der Waals surface area contributed by atoms with Gasteiger partial charge in [-0.1, -0.05) is 38.1 Å². The molecule has 1 aliphatic rings. The number of hydrogen-bond acceptors (Lipinski definition) is 4. The lowest BCUT2D eigenvalue weighted by Crippen LogP contribution is -2.49. The van der Waals surface area contributed by atoms with E-state index in [1.165, 1.54) is 17.5 Å². The molecule has 1 aromatic rings. The topological polar surface area (TPSA) is 50.5 Å². The van der Waals surface area contributed by atoms with E-state index in [-0.39, 0.29) is 12.1 Å². The lowest BCUT2D eigenvalue weighted by Gasteiger charge is -2.36. The lowest BCUT2D eigenvalue weighted by atomic mass is 9.98. The maximum Gasteiger partial charge on any atom is 0.0909 e. The monoisotopic (exact) mass is 277 g/mol. The Morgan fingerprint density at radius 1 is 1.35 bits per heavy atom. The molecule has 0 saturated carbocycles. The average molecular weight is 277 g/mol. The normalized spacial score (nSPS) is 21.9. The molecule has 20 heavy (non-hydrogen) atoms. The maximum absolute atomic E-state index is 5.93. The van der Waals surface area contributed by atoms with Crippen molar-refractivity contribution in [1.29, 1.82) is 0 Å². The van der Waals surface area contributed by atoms with Gasteiger partial charge in [-0.05, 0) is 30.5 Å². The van der Waals surface area contributed by atoms with Gasteiger partial charge in [-0.2, -0.15) is 0 Å². The van der Waals surface area contributed by atoms with Gasteiger partial charge in [-0.3, -0.25) is 16.2 Å². The van der Waals surface area contributed by atoms with Crippen molar-refractivity contribution < 1.29 is 4.74 Å². The summed E-state index contributed by atoms with van der Waals surface area (Å²) in [6.45, 7) is 8.27. The predicted molar refractivity (Wildman–Crippen MR) is 82.4 cm³/mol. The smallest absolute Gasteiger partial charge is 0.0909 e. The van der Waals surface area contributed by atoms with Crippen LogP contribution in [0.3, 0.4) is 0 Å². The Morgan fingerprint density at radius 3 is 2.70 bits per heavy atom. The quantitative estimate of drug-likeness (QED) is 0.615. The van der Waals surface area contributed by atoms with Crippen LogP contribution in [0.5, 0.6) is 0 Å². The zero-order chi connectivity index (χ0) is 14.4. The highest BCUT2D eigenvalue weighted by Gasteiger charge is 2.28. The molecule has 0 radical (unpaired) electrons. The minimum atomic E-state index is 0.0561. The Bertz CT molecular complexity index is 391. The SMILES string of the molecule is CCCN1CCOC(C(NN)c2ccc(CC)cc2)C1. The van der Waals surface area contributed by atoms with E-state index in [4.69, 9.17) is 10.6 Å². The molecule has 0 spiro atoms. The first kappa shape index (κ1) is 15.4. The van der Waals surface area contributed by atoms with Crippen LogP contribution in [0, 0.1) is 0 Å². The van der Waals surface area contributed by atoms with Crippen LogP contribution in [0.25, 0.3) is 0 Å². The maximum atomic E-state index is 5.93. The number of nitrogens with one attached hydrogen (secondary N) is 1. The number of aryl methyl sites for hydroxylation is 1. The fraction of sp³-hybridized carbons (Fsp3) is 0.625. The third-order valence-corrected chi connectivity index (χ3v) is 4.02. The number of hydrazine groups is 1. The van der Waals surface area contributed by atoms with E-state index in [1.807, 2.05) is 0 Å². The van der Waals surface area contributed by atoms with E-state index < -0.39 is 0 Å². The lowest BCUT2D eigenvalue weighted by molar-refractivity contribution is -0.0471. The Balaban J connectivity index is 2.06. The number of benzene rings is 1. The van der Waals surface area contributed by atoms with Crippen LogP contribution in [-0.2, 0) is 11.2 Å². The van der Waals surface area contributed by atoms with Crippen LogP contribution in [-0.4, -0.2) is 37.2 Å². The number of nitrogens with zero attached hydrogens (tertiary/aromatic N) is 1. The molecular formula is C16H27N3O. The molecule has 1 aliphatic heterocycles. The van der Waals surface area contributed by atoms with Crippen molar-refractivity contribution in [2.45, 2.75) is 38.8 Å². The van der Waals surface area contributed by atoms with Gasteiger partial charge in [0.25, 0.3) is 0 Å². The van der Waals surface area contributed by atoms with Gasteiger partial charge < -0.3 is 4.74 Å². The molecule has 1 saturated heterocycles. The zero-order valence-corrected chi connectivity index (χ0v) is 12.6. The zero-order valence-electron chi connectivity index (χ0n) is 12.6. The molecule has 4 nitrogen and oxygen atoms in total. The van der Waals surface area contributed by atoms with E-state index in [9.17, 15) is 0 Å². The van der Waals surface area contributed by atoms with Crippen LogP contribution in [0.4, 0.5) is 0 Å². The van der Waals surface area contributed by atoms with Gasteiger partial charge in [0.1, 0.15) is 0 Å². The summed E-state index contributed by atoms with van der Waals surface area (Å²) in [5, 5.41) is 0. The third kappa shape index (κ3) is 3.79. The van der Waals surface area contributed by atoms with Crippen LogP contribution in [0.15, 0.2) is 24.3 Å². The number of hydrogen-bond donors (Lipinski definition) is 2. The van der Waals surface area contributed by atoms with E-state index >= 15 is 0 Å². The van der Waals surface area contributed by atoms with Crippen LogP contribution in [0.2, 0.25) is 0 Å². The molecule has 112 valence electrons. The first-order valence-corrected chi connectivity index (χ1v) is 7.67. The number of nitrogens with two attached hydrogens (primary N) is 1. The molecule has 2 unspecified atom stereocenters. The van der Waals surface area contributed by atoms with Gasteiger partial charge in [0, 0.05) is 13.1 Å². The number of morpholine rings is 1. The van der Waals surface area contributed by atoms with Crippen molar-refractivity contribution in [3.05, 3.63) is 35.4 Å². The van der Waals surface area contributed by atoms with E-state index in [2.05, 4.69) is 48.4 Å². The molecule has 2 atom stereocenters. The van der Waals surface area contributed by atoms with Gasteiger partial charge in [0.05, 0.1) is 18.8 Å². The third-order valence-electron chi connectivity index (χ3n) is 4.02. The molecule has 1 fully saturated rings. The summed E-state index contributed by atoms with van der Waals surface area (Å²) in [7, 11) is 0. The molecule has 2 rings (SSSR count). The second-order valence-corrected chi connectivity index (χ2v) is 5.45. The molecule has 0 aliphatic carbocycles. The Hall–Kier alpha value is -0.940. The Kier molecular flexibility index (Phi) is 5.98. The van der Waals surface area contributed by atoms with Crippen molar-refractivity contribution in [1.82, 2.24) is 10.3 Å². The van der Waals surface area contributed by atoms with Crippen molar-refractivity contribution in [2.75, 3.05) is 26.2 Å². The first-order valence-electron chi connectivity index (χ1n) is 7.67. The van der Waals surface area contributed by atoms with Crippen LogP contribution < -0.4 is 11.3 Å². The van der Waals surface area contributed by atoms with E-state index in [1.54, 1.807) is 0 Å². The molecule has 4 heteroatoms. The largest absolute Gasteiger partial charge is 0.374 e. The van der Waals surface area contributed by atoms with Crippen LogP contribution in [0.1, 0.15) is 37.4 Å². The van der Waals surface area contributed by atoms with Gasteiger partial charge in [0.2, 0.25) is 0 Å². The summed E-state index contributed by atoms with van der Waals surface area (Å²) in [5.74, 6) is 5.78. The molecule has 0 bridgehead atoms. The Morgan fingerprint density at radius 2 is 2.10 bits per heavy atom. The van der Waals surface area contributed by atoms with Crippen LogP contribution >= 0.6 is 0 Å². The van der Waals surface area contributed by atoms with Gasteiger partial charge in [0.15, 0.2) is 0 Å². The number of ether oxygens (including phenoxy) is 1. The molecule has 0 aromatic heterocycles. The Labute approximate surface area is 122 Å². The fourth-order valence-corrected chi connectivity index (χ4v) is 2.83. The van der Waals surface area contributed by atoms with Crippen molar-refractivity contribution in [2.24, 2.45) is 5.84 Å². The summed E-state index contributed by atoms with van der Waals surface area (Å²) in [5.41, 5.74) is 5.49. The standard InChI is InChI=1S/C16H27N3O/c1-3-9-19-10-11-20-15(12-19)16(18-17)14-7-5-13(4-2)6-8-14/h5-8,15-16,18H,3-4,9-12,17H2,1-2H3. The molecule has 1 aromatic carbocycles. The summed E-state index contributed by atoms with van der Waals surface area (Å²) in [6.07, 6.45) is 2.36. The summed E-state index contributed by atoms with van der Waals surface area (Å²) < 4.78 is 5.93. The first-order chi connectivity index (χ1) is 9.78. The molecule has 0 amide bonds. The van der Waals surface area contributed by atoms with Gasteiger partial charge >= 0.3 is 0 Å². The minimum Gasteiger partial charge on any atom is -0.374 e. The highest BCUT2D eigenvalue weighted by Crippen LogP contribution is 2.22. The summed E-state index contributed by atoms with van der Waals surface area (Å²) >= 11 is 0. The van der Waals surface area contributed by atoms with Crippen molar-refractivity contribution in [3.8, 4) is 0 Å². The van der Waals surface area contributed by atoms with Gasteiger partial charge in [-0.25, -0.2) is 0 Å². The van der Waals surface area contributed by atoms with Crippen molar-refractivity contribution >= 4 is 0 Å². The minimum absolute atomic E-state index is 0.0561. The predicted octanol–water partition coefficient (Wildman–Crippen LogP) is 1.86. The highest BCUT2D eigenvalue weighted by atomic mass is 16.5. The molecular weight excluding hydrogens is 250 g/mol. The average Bonchev–Trinajstić information content (AvgIpc) is 2.49. The molecule has 3 N–H and O–H groups in total. The number of rotatable bonds is 6. The summed E-state index contributed by atoms with van der Waals surface area (Å²) in [4.78, 5) is 2.46. The second kappa shape index (κ2) is 7.74. The van der Waals surface area contributed by atoms with Gasteiger partial charge in [-0.15, -0.1) is 0 Å². The summed E-state index contributed by atoms with van der Waals surface area (Å²) in [6, 6.07) is 8.72. The van der Waals surface area contributed by atoms with E-state index in [0.29, 0.717) is 0 Å². The molecule has 1 heterocycles.